The first kappa shape index (κ1) is 17.4. The molecular weight excluding hydrogens is 304 g/mol. The van der Waals surface area contributed by atoms with Crippen molar-refractivity contribution in [2.75, 3.05) is 0 Å². The van der Waals surface area contributed by atoms with Crippen LogP contribution in [0.5, 0.6) is 0 Å². The summed E-state index contributed by atoms with van der Waals surface area (Å²) in [5.74, 6) is 1.93. The largest absolute Gasteiger partial charge is 0.177 e. The standard InChI is InChI=1S/C17H25B.Y/c1-13-4-6-16(7-5-13)11-18-12-17-9-14(2)8-15(3)10-17;/h9-10,13,16H,4-7,11-12H2,1-3H3;/q-1;. The molecule has 2 radical (unpaired) electrons. The summed E-state index contributed by atoms with van der Waals surface area (Å²) in [6.07, 6.45) is 8.20. The van der Waals surface area contributed by atoms with Crippen LogP contribution in [0.3, 0.4) is 0 Å². The van der Waals surface area contributed by atoms with Crippen LogP contribution in [0.4, 0.5) is 0 Å². The van der Waals surface area contributed by atoms with Gasteiger partial charge in [0, 0.05) is 32.7 Å². The molecule has 1 saturated carbocycles. The zero-order valence-corrected chi connectivity index (χ0v) is 15.5. The molecule has 1 aromatic rings. The van der Waals surface area contributed by atoms with Gasteiger partial charge in [0.05, 0.1) is 0 Å². The first-order chi connectivity index (χ1) is 8.63. The summed E-state index contributed by atoms with van der Waals surface area (Å²) in [7, 11) is 2.49. The molecule has 0 heterocycles. The van der Waals surface area contributed by atoms with Gasteiger partial charge in [-0.15, -0.1) is 0 Å². The molecule has 1 aromatic carbocycles. The van der Waals surface area contributed by atoms with Gasteiger partial charge in [-0.05, 0) is 11.8 Å². The van der Waals surface area contributed by atoms with Gasteiger partial charge in [0.1, 0.15) is 7.28 Å². The number of benzene rings is 1. The van der Waals surface area contributed by atoms with Crippen molar-refractivity contribution in [2.24, 2.45) is 11.8 Å². The molecule has 2 heteroatoms. The van der Waals surface area contributed by atoms with Crippen LogP contribution < -0.4 is 0 Å². The molecule has 0 bridgehead atoms. The summed E-state index contributed by atoms with van der Waals surface area (Å²) in [4.78, 5) is 0. The molecule has 1 aliphatic carbocycles. The minimum Gasteiger partial charge on any atom is -0.177 e. The van der Waals surface area contributed by atoms with E-state index < -0.39 is 0 Å². The topological polar surface area (TPSA) is 0 Å². The van der Waals surface area contributed by atoms with Crippen molar-refractivity contribution in [3.05, 3.63) is 34.9 Å². The maximum absolute atomic E-state index is 3.34. The van der Waals surface area contributed by atoms with E-state index in [-0.39, 0.29) is 32.7 Å². The Morgan fingerprint density at radius 2 is 1.68 bits per heavy atom. The average Bonchev–Trinajstić information content (AvgIpc) is 2.30. The minimum absolute atomic E-state index is 0. The molecule has 1 aliphatic rings. The molecule has 0 saturated heterocycles. The fraction of sp³-hybridized carbons (Fsp3) is 0.647. The summed E-state index contributed by atoms with van der Waals surface area (Å²) in [5, 5.41) is 0. The van der Waals surface area contributed by atoms with E-state index in [9.17, 15) is 0 Å². The quantitative estimate of drug-likeness (QED) is 0.562. The van der Waals surface area contributed by atoms with E-state index in [1.807, 2.05) is 0 Å². The molecular formula is C17H25BY-. The summed E-state index contributed by atoms with van der Waals surface area (Å²) in [6, 6.07) is 7.88. The van der Waals surface area contributed by atoms with E-state index in [2.05, 4.69) is 46.2 Å². The van der Waals surface area contributed by atoms with Gasteiger partial charge in [-0.3, -0.25) is 0 Å². The monoisotopic (exact) mass is 329 g/mol. The fourth-order valence-electron chi connectivity index (χ4n) is 3.15. The normalized spacial score (nSPS) is 22.7. The van der Waals surface area contributed by atoms with Crippen LogP contribution in [0, 0.1) is 31.7 Å². The Morgan fingerprint density at radius 1 is 1.11 bits per heavy atom. The van der Waals surface area contributed by atoms with Crippen LogP contribution in [0.25, 0.3) is 0 Å². The predicted molar refractivity (Wildman–Crippen MR) is 80.1 cm³/mol. The Morgan fingerprint density at radius 3 is 2.26 bits per heavy atom. The van der Waals surface area contributed by atoms with Gasteiger partial charge < -0.3 is 0 Å². The fourth-order valence-corrected chi connectivity index (χ4v) is 3.15. The molecule has 100 valence electrons. The Hall–Kier alpha value is 0.389. The molecule has 0 aromatic heterocycles. The number of rotatable bonds is 4. The second kappa shape index (κ2) is 8.63. The molecule has 0 amide bonds. The van der Waals surface area contributed by atoms with Gasteiger partial charge >= 0.3 is 0 Å². The van der Waals surface area contributed by atoms with Gasteiger partial charge in [0.25, 0.3) is 0 Å². The summed E-state index contributed by atoms with van der Waals surface area (Å²) in [5.41, 5.74) is 3.99. The molecule has 0 nitrogen and oxygen atoms in total. The third-order valence-electron chi connectivity index (χ3n) is 4.21. The van der Waals surface area contributed by atoms with Crippen LogP contribution in [-0.4, -0.2) is 7.28 Å². The second-order valence-electron chi connectivity index (χ2n) is 6.21. The third-order valence-corrected chi connectivity index (χ3v) is 4.21. The smallest absolute Gasteiger partial charge is 0.112 e. The first-order valence-corrected chi connectivity index (χ1v) is 7.44. The van der Waals surface area contributed by atoms with Crippen molar-refractivity contribution in [3.8, 4) is 0 Å². The van der Waals surface area contributed by atoms with E-state index >= 15 is 0 Å². The average molecular weight is 329 g/mol. The number of hydrogen-bond donors (Lipinski definition) is 0. The molecule has 0 N–H and O–H groups in total. The summed E-state index contributed by atoms with van der Waals surface area (Å²) >= 11 is 0. The first-order valence-electron chi connectivity index (χ1n) is 7.44. The number of hydrogen-bond acceptors (Lipinski definition) is 0. The SMILES string of the molecule is Cc1[c-]c(C)cc(C[B]CC2CCC(C)CC2)c1.[Y]. The van der Waals surface area contributed by atoms with Gasteiger partial charge in [-0.2, -0.15) is 34.9 Å². The Bertz CT molecular complexity index is 361. The maximum atomic E-state index is 3.34. The number of aryl methyl sites for hydroxylation is 2. The maximum Gasteiger partial charge on any atom is 0.112 e. The Labute approximate surface area is 145 Å². The van der Waals surface area contributed by atoms with Crippen molar-refractivity contribution < 1.29 is 32.7 Å². The van der Waals surface area contributed by atoms with E-state index in [1.54, 1.807) is 0 Å². The van der Waals surface area contributed by atoms with Crippen molar-refractivity contribution in [1.82, 2.24) is 0 Å². The van der Waals surface area contributed by atoms with Crippen molar-refractivity contribution in [2.45, 2.75) is 59.1 Å². The van der Waals surface area contributed by atoms with Crippen LogP contribution in [0.1, 0.15) is 49.3 Å². The van der Waals surface area contributed by atoms with Gasteiger partial charge in [-0.25, -0.2) is 0 Å². The Balaban J connectivity index is 0.00000180. The van der Waals surface area contributed by atoms with E-state index in [0.717, 1.165) is 18.2 Å². The van der Waals surface area contributed by atoms with Gasteiger partial charge in [-0.1, -0.05) is 59.1 Å². The van der Waals surface area contributed by atoms with E-state index in [1.165, 1.54) is 48.7 Å². The van der Waals surface area contributed by atoms with Crippen LogP contribution >= 0.6 is 0 Å². The third kappa shape index (κ3) is 6.13. The van der Waals surface area contributed by atoms with Gasteiger partial charge in [0.15, 0.2) is 0 Å². The summed E-state index contributed by atoms with van der Waals surface area (Å²) in [6.45, 7) is 6.67. The molecule has 1 fully saturated rings. The van der Waals surface area contributed by atoms with Gasteiger partial charge in [0.2, 0.25) is 0 Å². The zero-order chi connectivity index (χ0) is 13.0. The van der Waals surface area contributed by atoms with E-state index in [0.29, 0.717) is 0 Å². The summed E-state index contributed by atoms with van der Waals surface area (Å²) < 4.78 is 0. The zero-order valence-electron chi connectivity index (χ0n) is 12.7. The Kier molecular flexibility index (Phi) is 7.92. The van der Waals surface area contributed by atoms with Crippen LogP contribution in [0.15, 0.2) is 12.1 Å². The van der Waals surface area contributed by atoms with Crippen molar-refractivity contribution in [1.29, 1.82) is 0 Å². The van der Waals surface area contributed by atoms with Crippen LogP contribution in [0.2, 0.25) is 6.32 Å². The van der Waals surface area contributed by atoms with Crippen molar-refractivity contribution >= 4 is 7.28 Å². The van der Waals surface area contributed by atoms with E-state index in [4.69, 9.17) is 0 Å². The van der Waals surface area contributed by atoms with Crippen LogP contribution in [-0.2, 0) is 39.0 Å². The molecule has 19 heavy (non-hydrogen) atoms. The minimum atomic E-state index is 0. The molecule has 0 atom stereocenters. The predicted octanol–water partition coefficient (Wildman–Crippen LogP) is 4.55. The molecule has 0 unspecified atom stereocenters. The molecule has 2 rings (SSSR count). The van der Waals surface area contributed by atoms with Crippen molar-refractivity contribution in [3.63, 3.8) is 0 Å². The second-order valence-corrected chi connectivity index (χ2v) is 6.21. The molecule has 0 spiro atoms. The molecule has 0 aliphatic heterocycles.